The van der Waals surface area contributed by atoms with Crippen molar-refractivity contribution in [3.63, 3.8) is 0 Å². The number of aromatic nitrogens is 1. The van der Waals surface area contributed by atoms with Gasteiger partial charge in [0.1, 0.15) is 11.6 Å². The summed E-state index contributed by atoms with van der Waals surface area (Å²) in [5.74, 6) is -1.68. The molecule has 0 aliphatic carbocycles. The second-order valence-electron chi connectivity index (χ2n) is 8.38. The molecule has 1 aromatic heterocycles. The number of alkyl halides is 3. The molecule has 7 nitrogen and oxygen atoms in total. The second-order valence-corrected chi connectivity index (χ2v) is 8.38. The van der Waals surface area contributed by atoms with Crippen LogP contribution in [0, 0.1) is 5.82 Å². The molecule has 0 radical (unpaired) electrons. The van der Waals surface area contributed by atoms with Crippen molar-refractivity contribution in [3.8, 4) is 0 Å². The first kappa shape index (κ1) is 24.8. The molecule has 0 spiro atoms. The van der Waals surface area contributed by atoms with Gasteiger partial charge in [-0.1, -0.05) is 18.2 Å². The van der Waals surface area contributed by atoms with Gasteiger partial charge in [0.25, 0.3) is 5.91 Å². The van der Waals surface area contributed by atoms with Crippen LogP contribution in [-0.4, -0.2) is 16.9 Å². The minimum Gasteiger partial charge on any atom is -0.355 e. The van der Waals surface area contributed by atoms with Gasteiger partial charge in [0.15, 0.2) is 0 Å². The van der Waals surface area contributed by atoms with Crippen molar-refractivity contribution in [1.82, 2.24) is 4.98 Å². The van der Waals surface area contributed by atoms with Crippen LogP contribution in [0.4, 0.5) is 50.9 Å². The zero-order valence-electron chi connectivity index (χ0n) is 19.5. The van der Waals surface area contributed by atoms with Crippen molar-refractivity contribution < 1.29 is 27.2 Å². The molecular formula is C27H19F4N5O2. The Bertz CT molecular complexity index is 1510. The minimum atomic E-state index is -4.89. The van der Waals surface area contributed by atoms with Crippen LogP contribution in [-0.2, 0) is 12.7 Å². The minimum absolute atomic E-state index is 0.247. The fraction of sp³-hybridized carbons (Fsp3) is 0.0741. The number of urea groups is 1. The number of carbonyl (C=O) groups excluding carboxylic acids is 2. The molecular weight excluding hydrogens is 502 g/mol. The molecule has 38 heavy (non-hydrogen) atoms. The highest BCUT2D eigenvalue weighted by Gasteiger charge is 2.35. The van der Waals surface area contributed by atoms with Gasteiger partial charge in [0, 0.05) is 34.5 Å². The summed E-state index contributed by atoms with van der Waals surface area (Å²) in [6.45, 7) is 0.273. The van der Waals surface area contributed by atoms with Crippen LogP contribution in [0.1, 0.15) is 21.5 Å². The molecule has 11 heteroatoms. The smallest absolute Gasteiger partial charge is 0.355 e. The van der Waals surface area contributed by atoms with Crippen LogP contribution >= 0.6 is 0 Å². The molecule has 0 bridgehead atoms. The van der Waals surface area contributed by atoms with E-state index < -0.39 is 29.0 Å². The van der Waals surface area contributed by atoms with E-state index >= 15 is 0 Å². The van der Waals surface area contributed by atoms with E-state index in [2.05, 4.69) is 20.9 Å². The molecule has 0 saturated heterocycles. The number of hydrogen-bond donors (Lipinski definition) is 3. The van der Waals surface area contributed by atoms with Crippen LogP contribution < -0.4 is 20.9 Å². The quantitative estimate of drug-likeness (QED) is 0.253. The number of halogens is 4. The van der Waals surface area contributed by atoms with Crippen molar-refractivity contribution in [1.29, 1.82) is 0 Å². The summed E-state index contributed by atoms with van der Waals surface area (Å²) in [6.07, 6.45) is -3.34. The lowest BCUT2D eigenvalue weighted by Gasteiger charge is -2.30. The van der Waals surface area contributed by atoms with Gasteiger partial charge in [-0.05, 0) is 60.7 Å². The third kappa shape index (κ3) is 5.12. The number of rotatable bonds is 5. The van der Waals surface area contributed by atoms with E-state index in [0.717, 1.165) is 23.4 Å². The molecule has 5 rings (SSSR count). The molecule has 0 saturated carbocycles. The predicted molar refractivity (Wildman–Crippen MR) is 135 cm³/mol. The van der Waals surface area contributed by atoms with Crippen molar-refractivity contribution >= 4 is 40.5 Å². The van der Waals surface area contributed by atoms with Crippen LogP contribution in [0.3, 0.4) is 0 Å². The third-order valence-electron chi connectivity index (χ3n) is 5.86. The van der Waals surface area contributed by atoms with Gasteiger partial charge in [-0.2, -0.15) is 13.2 Å². The number of fused-ring (bicyclic) bond motifs is 1. The van der Waals surface area contributed by atoms with E-state index in [1.165, 1.54) is 12.1 Å². The maximum atomic E-state index is 13.4. The standard InChI is InChI=1S/C27H19F4N5O2/c28-16-6-11-20(22(14-16)27(29,30)31)25(37)34-18-9-7-17(8-10-18)33-23-12-13-32-24-21(23)15-36(26(38)35-24)19-4-2-1-3-5-19/h1-14H,15H2,(H,34,37)(H2,32,33,35,38). The molecule has 0 unspecified atom stereocenters. The number of hydrogen-bond acceptors (Lipinski definition) is 4. The Hall–Kier alpha value is -4.93. The lowest BCUT2D eigenvalue weighted by Crippen LogP contribution is -2.39. The monoisotopic (exact) mass is 521 g/mol. The van der Waals surface area contributed by atoms with Crippen molar-refractivity contribution in [2.75, 3.05) is 20.9 Å². The van der Waals surface area contributed by atoms with E-state index in [1.54, 1.807) is 29.3 Å². The van der Waals surface area contributed by atoms with Crippen LogP contribution in [0.15, 0.2) is 85.1 Å². The number of amides is 3. The van der Waals surface area contributed by atoms with Gasteiger partial charge in [-0.25, -0.2) is 14.2 Å². The van der Waals surface area contributed by atoms with Gasteiger partial charge < -0.3 is 10.6 Å². The summed E-state index contributed by atoms with van der Waals surface area (Å²) in [5, 5.41) is 8.44. The second kappa shape index (κ2) is 9.85. The molecule has 0 fully saturated rings. The molecule has 1 aliphatic heterocycles. The summed E-state index contributed by atoms with van der Waals surface area (Å²) in [7, 11) is 0. The Morgan fingerprint density at radius 2 is 1.66 bits per heavy atom. The topological polar surface area (TPSA) is 86.4 Å². The third-order valence-corrected chi connectivity index (χ3v) is 5.86. The van der Waals surface area contributed by atoms with E-state index in [4.69, 9.17) is 0 Å². The van der Waals surface area contributed by atoms with Crippen molar-refractivity contribution in [3.05, 3.63) is 108 Å². The molecule has 3 aromatic carbocycles. The maximum absolute atomic E-state index is 13.4. The Labute approximate surface area is 214 Å². The lowest BCUT2D eigenvalue weighted by atomic mass is 10.1. The highest BCUT2D eigenvalue weighted by Crippen LogP contribution is 2.34. The maximum Gasteiger partial charge on any atom is 0.417 e. The first-order valence-corrected chi connectivity index (χ1v) is 11.4. The SMILES string of the molecule is O=C(Nc1ccc(Nc2ccnc3c2CN(c2ccccc2)C(=O)N3)cc1)c1ccc(F)cc1C(F)(F)F. The first-order chi connectivity index (χ1) is 18.2. The van der Waals surface area contributed by atoms with Gasteiger partial charge in [-0.15, -0.1) is 0 Å². The average molecular weight is 521 g/mol. The Morgan fingerprint density at radius 3 is 2.37 bits per heavy atom. The molecule has 4 aromatic rings. The van der Waals surface area contributed by atoms with E-state index in [9.17, 15) is 27.2 Å². The van der Waals surface area contributed by atoms with Gasteiger partial charge in [-0.3, -0.25) is 15.0 Å². The highest BCUT2D eigenvalue weighted by atomic mass is 19.4. The Morgan fingerprint density at radius 1 is 0.947 bits per heavy atom. The van der Waals surface area contributed by atoms with E-state index in [0.29, 0.717) is 23.3 Å². The fourth-order valence-corrected chi connectivity index (χ4v) is 4.03. The van der Waals surface area contributed by atoms with Gasteiger partial charge >= 0.3 is 12.2 Å². The summed E-state index contributed by atoms with van der Waals surface area (Å²) in [6, 6.07) is 18.8. The van der Waals surface area contributed by atoms with Crippen LogP contribution in [0.25, 0.3) is 0 Å². The number of benzene rings is 3. The van der Waals surface area contributed by atoms with E-state index in [1.807, 2.05) is 30.3 Å². The summed E-state index contributed by atoms with van der Waals surface area (Å²) >= 11 is 0. The largest absolute Gasteiger partial charge is 0.417 e. The number of anilines is 5. The average Bonchev–Trinajstić information content (AvgIpc) is 2.89. The molecule has 1 aliphatic rings. The Kier molecular flexibility index (Phi) is 6.41. The summed E-state index contributed by atoms with van der Waals surface area (Å²) in [4.78, 5) is 30.9. The number of nitrogens with zero attached hydrogens (tertiary/aromatic N) is 2. The number of para-hydroxylation sites is 1. The molecule has 192 valence electrons. The van der Waals surface area contributed by atoms with Crippen LogP contribution in [0.2, 0.25) is 0 Å². The predicted octanol–water partition coefficient (Wildman–Crippen LogP) is 6.79. The van der Waals surface area contributed by atoms with Gasteiger partial charge in [0.2, 0.25) is 0 Å². The lowest BCUT2D eigenvalue weighted by molar-refractivity contribution is -0.138. The van der Waals surface area contributed by atoms with E-state index in [-0.39, 0.29) is 18.3 Å². The van der Waals surface area contributed by atoms with Crippen molar-refractivity contribution in [2.24, 2.45) is 0 Å². The zero-order valence-corrected chi connectivity index (χ0v) is 19.5. The van der Waals surface area contributed by atoms with Crippen LogP contribution in [0.5, 0.6) is 0 Å². The fourth-order valence-electron chi connectivity index (χ4n) is 4.03. The zero-order chi connectivity index (χ0) is 26.9. The summed E-state index contributed by atoms with van der Waals surface area (Å²) in [5.41, 5.74) is 0.995. The number of nitrogens with one attached hydrogen (secondary N) is 3. The normalized spacial score (nSPS) is 12.9. The Balaban J connectivity index is 1.33. The van der Waals surface area contributed by atoms with Crippen molar-refractivity contribution in [2.45, 2.75) is 12.7 Å². The highest BCUT2D eigenvalue weighted by molar-refractivity contribution is 6.06. The molecule has 0 atom stereocenters. The number of carbonyl (C=O) groups is 2. The molecule has 3 N–H and O–H groups in total. The summed E-state index contributed by atoms with van der Waals surface area (Å²) < 4.78 is 53.2. The molecule has 2 heterocycles. The van der Waals surface area contributed by atoms with Gasteiger partial charge in [0.05, 0.1) is 17.7 Å². The molecule has 3 amide bonds. The first-order valence-electron chi connectivity index (χ1n) is 11.4. The number of pyridine rings is 1.